The fraction of sp³-hybridized carbons (Fsp3) is 0.360. The van der Waals surface area contributed by atoms with Gasteiger partial charge in [-0.3, -0.25) is 0 Å². The summed E-state index contributed by atoms with van der Waals surface area (Å²) in [7, 11) is 0. The normalized spacial score (nSPS) is 17.7. The highest BCUT2D eigenvalue weighted by atomic mass is 19.1. The van der Waals surface area contributed by atoms with Crippen LogP contribution in [0.25, 0.3) is 22.2 Å². The van der Waals surface area contributed by atoms with Crippen LogP contribution in [0.3, 0.4) is 0 Å². The van der Waals surface area contributed by atoms with Gasteiger partial charge in [-0.1, -0.05) is 18.2 Å². The van der Waals surface area contributed by atoms with Crippen molar-refractivity contribution in [2.45, 2.75) is 51.4 Å². The molecule has 6 heteroatoms. The molecule has 2 heterocycles. The molecule has 1 N–H and O–H groups in total. The molecule has 0 spiro atoms. The Morgan fingerprint density at radius 3 is 2.61 bits per heavy atom. The van der Waals surface area contributed by atoms with E-state index in [9.17, 15) is 14.3 Å². The summed E-state index contributed by atoms with van der Waals surface area (Å²) in [6, 6.07) is 15.2. The molecule has 3 aromatic rings. The molecule has 2 aromatic carbocycles. The zero-order valence-electron chi connectivity index (χ0n) is 18.0. The van der Waals surface area contributed by atoms with Crippen molar-refractivity contribution < 1.29 is 19.0 Å². The van der Waals surface area contributed by atoms with Crippen molar-refractivity contribution in [1.82, 2.24) is 9.88 Å². The summed E-state index contributed by atoms with van der Waals surface area (Å²) in [5.41, 5.74) is 2.24. The summed E-state index contributed by atoms with van der Waals surface area (Å²) < 4.78 is 19.0. The van der Waals surface area contributed by atoms with E-state index in [4.69, 9.17) is 9.72 Å². The number of carbonyl (C=O) groups is 1. The van der Waals surface area contributed by atoms with Gasteiger partial charge in [0.05, 0.1) is 17.3 Å². The number of amides is 1. The first-order valence-electron chi connectivity index (χ1n) is 10.6. The number of aliphatic hydroxyl groups is 1. The number of ether oxygens (including phenoxy) is 1. The minimum atomic E-state index is -0.901. The van der Waals surface area contributed by atoms with Gasteiger partial charge >= 0.3 is 6.09 Å². The average Bonchev–Trinajstić information content (AvgIpc) is 3.22. The number of pyridine rings is 1. The number of aromatic nitrogens is 1. The second-order valence-corrected chi connectivity index (χ2v) is 8.95. The van der Waals surface area contributed by atoms with Crippen LogP contribution >= 0.6 is 0 Å². The van der Waals surface area contributed by atoms with Gasteiger partial charge in [0, 0.05) is 17.5 Å². The van der Waals surface area contributed by atoms with Crippen LogP contribution in [0.4, 0.5) is 9.18 Å². The lowest BCUT2D eigenvalue weighted by Gasteiger charge is -2.31. The molecule has 0 radical (unpaired) electrons. The molecule has 31 heavy (non-hydrogen) atoms. The maximum absolute atomic E-state index is 13.4. The lowest BCUT2D eigenvalue weighted by Crippen LogP contribution is -2.42. The maximum atomic E-state index is 13.4. The highest BCUT2D eigenvalue weighted by Gasteiger charge is 2.37. The number of likely N-dealkylation sites (tertiary alicyclic amines) is 1. The first-order valence-corrected chi connectivity index (χ1v) is 10.6. The number of aliphatic hydroxyl groups excluding tert-OH is 1. The van der Waals surface area contributed by atoms with Crippen LogP contribution in [0.2, 0.25) is 0 Å². The van der Waals surface area contributed by atoms with Crippen LogP contribution in [0.1, 0.15) is 45.3 Å². The van der Waals surface area contributed by atoms with E-state index in [0.29, 0.717) is 24.2 Å². The molecular weight excluding hydrogens is 395 g/mol. The summed E-state index contributed by atoms with van der Waals surface area (Å²) in [5, 5.41) is 12.2. The summed E-state index contributed by atoms with van der Waals surface area (Å²) in [6.45, 7) is 6.04. The van der Waals surface area contributed by atoms with E-state index in [1.54, 1.807) is 17.0 Å². The van der Waals surface area contributed by atoms with Crippen LogP contribution in [-0.2, 0) is 4.74 Å². The number of fused-ring (bicyclic) bond motifs is 1. The van der Waals surface area contributed by atoms with Gasteiger partial charge < -0.3 is 14.7 Å². The van der Waals surface area contributed by atoms with Crippen LogP contribution in [-0.4, -0.2) is 39.3 Å². The number of hydrogen-bond acceptors (Lipinski definition) is 4. The fourth-order valence-corrected chi connectivity index (χ4v) is 4.09. The van der Waals surface area contributed by atoms with Crippen molar-refractivity contribution in [2.75, 3.05) is 6.54 Å². The molecule has 0 aliphatic carbocycles. The Bertz CT molecular complexity index is 1090. The Balaban J connectivity index is 1.74. The van der Waals surface area contributed by atoms with E-state index in [1.165, 1.54) is 12.1 Å². The van der Waals surface area contributed by atoms with Gasteiger partial charge in [-0.2, -0.15) is 0 Å². The van der Waals surface area contributed by atoms with E-state index in [1.807, 2.05) is 51.1 Å². The third-order valence-corrected chi connectivity index (χ3v) is 5.50. The molecule has 1 saturated heterocycles. The molecule has 1 aliphatic rings. The molecule has 2 atom stereocenters. The lowest BCUT2D eigenvalue weighted by molar-refractivity contribution is 0.00512. The second-order valence-electron chi connectivity index (χ2n) is 8.95. The number of hydrogen-bond donors (Lipinski definition) is 1. The van der Waals surface area contributed by atoms with Crippen LogP contribution < -0.4 is 0 Å². The Hall–Kier alpha value is -2.99. The van der Waals surface area contributed by atoms with Gasteiger partial charge in [-0.15, -0.1) is 0 Å². The molecule has 162 valence electrons. The van der Waals surface area contributed by atoms with Crippen molar-refractivity contribution in [1.29, 1.82) is 0 Å². The Labute approximate surface area is 181 Å². The molecule has 1 aromatic heterocycles. The van der Waals surface area contributed by atoms with E-state index in [-0.39, 0.29) is 11.9 Å². The minimum Gasteiger partial charge on any atom is -0.444 e. The quantitative estimate of drug-likeness (QED) is 0.608. The van der Waals surface area contributed by atoms with E-state index in [2.05, 4.69) is 0 Å². The van der Waals surface area contributed by atoms with Gasteiger partial charge in [0.2, 0.25) is 0 Å². The maximum Gasteiger partial charge on any atom is 0.410 e. The van der Waals surface area contributed by atoms with Gasteiger partial charge in [0.1, 0.15) is 17.5 Å². The van der Waals surface area contributed by atoms with E-state index >= 15 is 0 Å². The summed E-state index contributed by atoms with van der Waals surface area (Å²) in [6.07, 6.45) is 0.172. The summed E-state index contributed by atoms with van der Waals surface area (Å²) in [5.74, 6) is -0.316. The van der Waals surface area contributed by atoms with Crippen molar-refractivity contribution in [2.24, 2.45) is 0 Å². The molecule has 4 rings (SSSR count). The van der Waals surface area contributed by atoms with Gasteiger partial charge in [-0.25, -0.2) is 14.2 Å². The topological polar surface area (TPSA) is 62.7 Å². The predicted molar refractivity (Wildman–Crippen MR) is 118 cm³/mol. The molecular formula is C25H27FN2O3. The third kappa shape index (κ3) is 4.54. The number of carbonyl (C=O) groups excluding carboxylic acids is 1. The Morgan fingerprint density at radius 2 is 1.90 bits per heavy atom. The van der Waals surface area contributed by atoms with Crippen LogP contribution in [0.15, 0.2) is 54.6 Å². The first kappa shape index (κ1) is 21.2. The largest absolute Gasteiger partial charge is 0.444 e. The van der Waals surface area contributed by atoms with Crippen molar-refractivity contribution in [3.63, 3.8) is 0 Å². The number of rotatable bonds is 3. The van der Waals surface area contributed by atoms with Crippen molar-refractivity contribution in [3.8, 4) is 11.3 Å². The minimum absolute atomic E-state index is 0.316. The van der Waals surface area contributed by atoms with Gasteiger partial charge in [0.25, 0.3) is 0 Å². The Kier molecular flexibility index (Phi) is 5.67. The summed E-state index contributed by atoms with van der Waals surface area (Å²) in [4.78, 5) is 19.1. The average molecular weight is 423 g/mol. The molecule has 5 nitrogen and oxygen atoms in total. The number of benzene rings is 2. The molecule has 2 unspecified atom stereocenters. The molecule has 0 bridgehead atoms. The van der Waals surface area contributed by atoms with E-state index < -0.39 is 17.8 Å². The zero-order valence-corrected chi connectivity index (χ0v) is 18.0. The highest BCUT2D eigenvalue weighted by Crippen LogP contribution is 2.35. The third-order valence-electron chi connectivity index (χ3n) is 5.50. The molecule has 0 saturated carbocycles. The molecule has 1 amide bonds. The Morgan fingerprint density at radius 1 is 1.19 bits per heavy atom. The van der Waals surface area contributed by atoms with Gasteiger partial charge in [0.15, 0.2) is 0 Å². The lowest BCUT2D eigenvalue weighted by atomic mass is 9.95. The highest BCUT2D eigenvalue weighted by molar-refractivity contribution is 5.85. The second kappa shape index (κ2) is 8.27. The van der Waals surface area contributed by atoms with Crippen molar-refractivity contribution >= 4 is 17.0 Å². The number of halogens is 1. The van der Waals surface area contributed by atoms with Crippen LogP contribution in [0.5, 0.6) is 0 Å². The predicted octanol–water partition coefficient (Wildman–Crippen LogP) is 5.47. The molecule has 1 fully saturated rings. The fourth-order valence-electron chi connectivity index (χ4n) is 4.09. The van der Waals surface area contributed by atoms with E-state index in [0.717, 1.165) is 22.9 Å². The molecule has 1 aliphatic heterocycles. The SMILES string of the molecule is CC(C)(C)OC(=O)N1CCCC1C(O)c1cc(-c2ccc(F)cc2)nc2ccccc12. The first-order chi connectivity index (χ1) is 14.7. The monoisotopic (exact) mass is 422 g/mol. The van der Waals surface area contributed by atoms with Gasteiger partial charge in [-0.05, 0) is 75.6 Å². The van der Waals surface area contributed by atoms with Crippen LogP contribution in [0, 0.1) is 5.82 Å². The number of para-hydroxylation sites is 1. The standard InChI is InChI=1S/C25H27FN2O3/c1-25(2,3)31-24(30)28-14-6-9-22(28)23(29)19-15-21(16-10-12-17(26)13-11-16)27-20-8-5-4-7-18(19)20/h4-5,7-8,10-13,15,22-23,29H,6,9,14H2,1-3H3. The summed E-state index contributed by atoms with van der Waals surface area (Å²) >= 11 is 0. The zero-order chi connectivity index (χ0) is 22.2. The van der Waals surface area contributed by atoms with Crippen molar-refractivity contribution in [3.05, 3.63) is 66.0 Å². The smallest absolute Gasteiger partial charge is 0.410 e. The number of nitrogens with zero attached hydrogens (tertiary/aromatic N) is 2.